The Bertz CT molecular complexity index is 1570. The molecule has 0 fully saturated rings. The molecule has 1 aromatic heterocycles. The van der Waals surface area contributed by atoms with Crippen molar-refractivity contribution >= 4 is 35.3 Å². The fourth-order valence-corrected chi connectivity index (χ4v) is 5.26. The highest BCUT2D eigenvalue weighted by Gasteiger charge is 2.35. The van der Waals surface area contributed by atoms with Crippen molar-refractivity contribution in [2.45, 2.75) is 30.5 Å². The van der Waals surface area contributed by atoms with Gasteiger partial charge in [-0.1, -0.05) is 84.5 Å². The van der Waals surface area contributed by atoms with E-state index in [1.165, 1.54) is 23.9 Å². The Balaban J connectivity index is 1.42. The fourth-order valence-electron chi connectivity index (χ4n) is 4.26. The maximum absolute atomic E-state index is 14.1. The lowest BCUT2D eigenvalue weighted by atomic mass is 9.96. The number of nitrogens with zero attached hydrogens (tertiary/aromatic N) is 3. The number of allylic oxidation sites excluding steroid dienone is 1. The van der Waals surface area contributed by atoms with E-state index in [0.29, 0.717) is 51.1 Å². The van der Waals surface area contributed by atoms with Crippen LogP contribution in [0.5, 0.6) is 5.75 Å². The molecule has 0 spiro atoms. The van der Waals surface area contributed by atoms with Crippen LogP contribution in [0.2, 0.25) is 5.02 Å². The van der Waals surface area contributed by atoms with Gasteiger partial charge in [-0.05, 0) is 42.3 Å². The number of carbonyl (C=O) groups is 1. The summed E-state index contributed by atoms with van der Waals surface area (Å²) in [4.78, 5) is 17.8. The minimum atomic E-state index is -0.610. The molecule has 0 amide bonds. The monoisotopic (exact) mass is 576 g/mol. The molecular formula is C30H26ClFN4O3S. The quantitative estimate of drug-likeness (QED) is 0.124. The third kappa shape index (κ3) is 6.05. The Morgan fingerprint density at radius 3 is 2.58 bits per heavy atom. The zero-order chi connectivity index (χ0) is 28.1. The molecule has 1 aliphatic rings. The summed E-state index contributed by atoms with van der Waals surface area (Å²) in [6.07, 6.45) is 1.52. The molecule has 7 nitrogen and oxygen atoms in total. The molecule has 2 heterocycles. The van der Waals surface area contributed by atoms with E-state index in [9.17, 15) is 9.18 Å². The van der Waals surface area contributed by atoms with Gasteiger partial charge in [0.1, 0.15) is 30.8 Å². The topological polar surface area (TPSA) is 78.3 Å². The highest BCUT2D eigenvalue weighted by Crippen LogP contribution is 2.37. The summed E-state index contributed by atoms with van der Waals surface area (Å²) >= 11 is 7.56. The summed E-state index contributed by atoms with van der Waals surface area (Å²) in [5.41, 5.74) is 3.22. The van der Waals surface area contributed by atoms with Crippen molar-refractivity contribution in [1.82, 2.24) is 14.8 Å². The summed E-state index contributed by atoms with van der Waals surface area (Å²) in [7, 11) is 0. The van der Waals surface area contributed by atoms with Crippen molar-refractivity contribution in [3.63, 3.8) is 0 Å². The van der Waals surface area contributed by atoms with Crippen LogP contribution < -0.4 is 10.1 Å². The molecule has 1 aliphatic heterocycles. The van der Waals surface area contributed by atoms with Crippen LogP contribution in [-0.2, 0) is 21.9 Å². The third-order valence-corrected chi connectivity index (χ3v) is 7.50. The van der Waals surface area contributed by atoms with Crippen LogP contribution in [0.3, 0.4) is 0 Å². The molecule has 3 aromatic carbocycles. The van der Waals surface area contributed by atoms with Crippen LogP contribution in [0.4, 0.5) is 10.3 Å². The number of esters is 1. The third-order valence-electron chi connectivity index (χ3n) is 6.25. The largest absolute Gasteiger partial charge is 0.489 e. The molecule has 40 heavy (non-hydrogen) atoms. The van der Waals surface area contributed by atoms with Gasteiger partial charge in [-0.15, -0.1) is 5.10 Å². The van der Waals surface area contributed by atoms with Gasteiger partial charge in [-0.2, -0.15) is 4.98 Å². The lowest BCUT2D eigenvalue weighted by Crippen LogP contribution is -2.29. The minimum absolute atomic E-state index is 0.0745. The van der Waals surface area contributed by atoms with Gasteiger partial charge in [0.05, 0.1) is 5.57 Å². The number of thioether (sulfide) groups is 1. The summed E-state index contributed by atoms with van der Waals surface area (Å²) in [5, 5.41) is 8.94. The van der Waals surface area contributed by atoms with E-state index >= 15 is 0 Å². The average molecular weight is 577 g/mol. The standard InChI is InChI=1S/C30H26ClFN4O3S/c1-3-16-38-28(37)26-19(2)33-29-34-30(40-18-22-9-5-7-11-25(22)32)35-36(29)27(26)20-12-14-23(15-13-20)39-17-21-8-4-6-10-24(21)31/h3-15,27H,1,16-18H2,2H3,(H,33,34,35). The second-order valence-electron chi connectivity index (χ2n) is 8.95. The minimum Gasteiger partial charge on any atom is -0.489 e. The van der Waals surface area contributed by atoms with E-state index in [2.05, 4.69) is 22.0 Å². The normalized spacial score (nSPS) is 14.3. The Morgan fingerprint density at radius 1 is 1.12 bits per heavy atom. The number of anilines is 1. The number of rotatable bonds is 10. The number of ether oxygens (including phenoxy) is 2. The second kappa shape index (κ2) is 12.4. The highest BCUT2D eigenvalue weighted by atomic mass is 35.5. The second-order valence-corrected chi connectivity index (χ2v) is 10.3. The zero-order valence-electron chi connectivity index (χ0n) is 21.6. The van der Waals surface area contributed by atoms with Crippen molar-refractivity contribution in [3.8, 4) is 5.75 Å². The summed E-state index contributed by atoms with van der Waals surface area (Å²) in [5.74, 6) is 0.706. The Morgan fingerprint density at radius 2 is 1.85 bits per heavy atom. The van der Waals surface area contributed by atoms with E-state index in [1.807, 2.05) is 48.5 Å². The molecule has 204 valence electrons. The summed E-state index contributed by atoms with van der Waals surface area (Å²) in [6, 6.07) is 20.9. The van der Waals surface area contributed by atoms with Crippen LogP contribution >= 0.6 is 23.4 Å². The van der Waals surface area contributed by atoms with Crippen LogP contribution in [0, 0.1) is 5.82 Å². The molecule has 1 unspecified atom stereocenters. The van der Waals surface area contributed by atoms with Gasteiger partial charge in [0.25, 0.3) is 0 Å². The first-order chi connectivity index (χ1) is 19.4. The van der Waals surface area contributed by atoms with Crippen molar-refractivity contribution in [3.05, 3.63) is 124 Å². The fraction of sp³-hybridized carbons (Fsp3) is 0.167. The molecule has 0 aliphatic carbocycles. The van der Waals surface area contributed by atoms with E-state index in [1.54, 1.807) is 29.8 Å². The van der Waals surface area contributed by atoms with Crippen LogP contribution in [-0.4, -0.2) is 27.3 Å². The average Bonchev–Trinajstić information content (AvgIpc) is 3.37. The van der Waals surface area contributed by atoms with Crippen LogP contribution in [0.1, 0.15) is 29.7 Å². The first-order valence-corrected chi connectivity index (χ1v) is 13.9. The zero-order valence-corrected chi connectivity index (χ0v) is 23.2. The van der Waals surface area contributed by atoms with Gasteiger partial charge in [0.15, 0.2) is 0 Å². The van der Waals surface area contributed by atoms with Gasteiger partial charge in [0, 0.05) is 22.0 Å². The first-order valence-electron chi connectivity index (χ1n) is 12.5. The Hall–Kier alpha value is -4.08. The molecule has 4 aromatic rings. The van der Waals surface area contributed by atoms with E-state index in [0.717, 1.165) is 11.1 Å². The number of halogens is 2. The van der Waals surface area contributed by atoms with Gasteiger partial charge in [-0.3, -0.25) is 0 Å². The molecule has 0 bridgehead atoms. The van der Waals surface area contributed by atoms with Crippen LogP contribution in [0.15, 0.2) is 102 Å². The number of carbonyl (C=O) groups excluding carboxylic acids is 1. The maximum Gasteiger partial charge on any atom is 0.338 e. The Kier molecular flexibility index (Phi) is 8.52. The van der Waals surface area contributed by atoms with Crippen molar-refractivity contribution in [2.75, 3.05) is 11.9 Å². The molecule has 0 radical (unpaired) electrons. The molecule has 1 atom stereocenters. The van der Waals surface area contributed by atoms with Crippen molar-refractivity contribution < 1.29 is 18.7 Å². The number of hydrogen-bond acceptors (Lipinski definition) is 7. The number of nitrogens with one attached hydrogen (secondary N) is 1. The van der Waals surface area contributed by atoms with E-state index in [4.69, 9.17) is 21.1 Å². The predicted molar refractivity (Wildman–Crippen MR) is 154 cm³/mol. The predicted octanol–water partition coefficient (Wildman–Crippen LogP) is 6.96. The molecule has 5 rings (SSSR count). The molecule has 10 heteroatoms. The number of fused-ring (bicyclic) bond motifs is 1. The first kappa shape index (κ1) is 27.5. The van der Waals surface area contributed by atoms with Crippen molar-refractivity contribution in [1.29, 1.82) is 0 Å². The van der Waals surface area contributed by atoms with Gasteiger partial charge < -0.3 is 14.8 Å². The molecule has 0 saturated carbocycles. The Labute approximate surface area is 240 Å². The summed E-state index contributed by atoms with van der Waals surface area (Å²) in [6.45, 7) is 5.82. The van der Waals surface area contributed by atoms with Gasteiger partial charge in [0.2, 0.25) is 11.1 Å². The van der Waals surface area contributed by atoms with Gasteiger partial charge >= 0.3 is 5.97 Å². The highest BCUT2D eigenvalue weighted by molar-refractivity contribution is 7.98. The summed E-state index contributed by atoms with van der Waals surface area (Å²) < 4.78 is 27.2. The van der Waals surface area contributed by atoms with Crippen LogP contribution in [0.25, 0.3) is 0 Å². The van der Waals surface area contributed by atoms with E-state index < -0.39 is 12.0 Å². The molecule has 0 saturated heterocycles. The SMILES string of the molecule is C=CCOC(=O)C1=C(C)Nc2nc(SCc3ccccc3F)nn2C1c1ccc(OCc2ccccc2Cl)cc1. The van der Waals surface area contributed by atoms with Gasteiger partial charge in [-0.25, -0.2) is 13.9 Å². The molecule has 1 N–H and O–H groups in total. The molecular weight excluding hydrogens is 551 g/mol. The number of aromatic nitrogens is 3. The van der Waals surface area contributed by atoms with E-state index in [-0.39, 0.29) is 12.4 Å². The number of hydrogen-bond donors (Lipinski definition) is 1. The smallest absolute Gasteiger partial charge is 0.338 e. The lowest BCUT2D eigenvalue weighted by Gasteiger charge is -2.28. The lowest BCUT2D eigenvalue weighted by molar-refractivity contribution is -0.138. The number of benzene rings is 3. The van der Waals surface area contributed by atoms with Crippen molar-refractivity contribution in [2.24, 2.45) is 0 Å². The maximum atomic E-state index is 14.1.